The summed E-state index contributed by atoms with van der Waals surface area (Å²) in [5.74, 6) is 0. The van der Waals surface area contributed by atoms with Crippen molar-refractivity contribution in [3.05, 3.63) is 0 Å². The summed E-state index contributed by atoms with van der Waals surface area (Å²) in [7, 11) is 0. The highest BCUT2D eigenvalue weighted by atomic mass is 15.5. The molecule has 0 saturated carbocycles. The minimum Gasteiger partial charge on any atom is -0.252 e. The van der Waals surface area contributed by atoms with Crippen LogP contribution in [0.2, 0.25) is 0 Å². The lowest BCUT2D eigenvalue weighted by atomic mass is 10.1. The zero-order valence-electron chi connectivity index (χ0n) is 7.93. The Kier molecular flexibility index (Phi) is 3.34. The summed E-state index contributed by atoms with van der Waals surface area (Å²) in [5, 5.41) is 2.36. The zero-order valence-corrected chi connectivity index (χ0v) is 7.93. The molecule has 1 N–H and O–H groups in total. The number of rotatable bonds is 2. The molecular weight excluding hydrogens is 136 g/mol. The third kappa shape index (κ3) is 2.46. The van der Waals surface area contributed by atoms with Crippen molar-refractivity contribution in [1.29, 1.82) is 0 Å². The van der Waals surface area contributed by atoms with Gasteiger partial charge in [-0.15, -0.1) is 0 Å². The summed E-state index contributed by atoms with van der Waals surface area (Å²) in [6.45, 7) is 7.95. The van der Waals surface area contributed by atoms with Crippen LogP contribution in [0, 0.1) is 0 Å². The number of nitrogens with one attached hydrogen (secondary N) is 1. The second-order valence-electron chi connectivity index (χ2n) is 3.66. The highest BCUT2D eigenvalue weighted by Crippen LogP contribution is 2.11. The molecule has 1 heterocycles. The van der Waals surface area contributed by atoms with Crippen LogP contribution in [0.3, 0.4) is 0 Å². The van der Waals surface area contributed by atoms with Crippen LogP contribution in [0.15, 0.2) is 0 Å². The lowest BCUT2D eigenvalue weighted by molar-refractivity contribution is 0.0780. The largest absolute Gasteiger partial charge is 0.252 e. The van der Waals surface area contributed by atoms with E-state index in [1.165, 1.54) is 25.8 Å². The Morgan fingerprint density at radius 2 is 2.36 bits per heavy atom. The van der Waals surface area contributed by atoms with Gasteiger partial charge in [0.1, 0.15) is 0 Å². The van der Waals surface area contributed by atoms with Crippen LogP contribution in [0.25, 0.3) is 0 Å². The smallest absolute Gasteiger partial charge is 0.0213 e. The first kappa shape index (κ1) is 9.01. The molecule has 0 spiro atoms. The molecule has 0 aliphatic carbocycles. The van der Waals surface area contributed by atoms with Crippen molar-refractivity contribution in [2.75, 3.05) is 6.54 Å². The van der Waals surface area contributed by atoms with Crippen LogP contribution in [0.5, 0.6) is 0 Å². The highest BCUT2D eigenvalue weighted by Gasteiger charge is 2.18. The Morgan fingerprint density at radius 3 is 2.91 bits per heavy atom. The van der Waals surface area contributed by atoms with Gasteiger partial charge in [-0.3, -0.25) is 5.43 Å². The first-order valence-corrected chi connectivity index (χ1v) is 4.77. The Balaban J connectivity index is 0.00000121. The van der Waals surface area contributed by atoms with Gasteiger partial charge in [0.2, 0.25) is 0 Å². The number of hydrogen-bond acceptors (Lipinski definition) is 2. The average Bonchev–Trinajstić information content (AvgIpc) is 2.05. The Morgan fingerprint density at radius 1 is 1.64 bits per heavy atom. The molecule has 1 fully saturated rings. The van der Waals surface area contributed by atoms with Crippen molar-refractivity contribution in [3.8, 4) is 0 Å². The van der Waals surface area contributed by atoms with E-state index < -0.39 is 0 Å². The van der Waals surface area contributed by atoms with Crippen molar-refractivity contribution in [2.24, 2.45) is 0 Å². The maximum atomic E-state index is 3.54. The van der Waals surface area contributed by atoms with Crippen molar-refractivity contribution in [3.63, 3.8) is 0 Å². The summed E-state index contributed by atoms with van der Waals surface area (Å²) >= 11 is 0. The van der Waals surface area contributed by atoms with Gasteiger partial charge in [0, 0.05) is 20.1 Å². The maximum absolute atomic E-state index is 3.54. The SMILES string of the molecule is CCC1CCCN(C(C)C)N1.[HH]. The summed E-state index contributed by atoms with van der Waals surface area (Å²) in [5.41, 5.74) is 3.54. The highest BCUT2D eigenvalue weighted by molar-refractivity contribution is 4.72. The molecule has 68 valence electrons. The van der Waals surface area contributed by atoms with Crippen LogP contribution in [-0.4, -0.2) is 23.6 Å². The average molecular weight is 158 g/mol. The quantitative estimate of drug-likeness (QED) is 0.661. The van der Waals surface area contributed by atoms with E-state index in [9.17, 15) is 0 Å². The molecule has 0 bridgehead atoms. The predicted molar refractivity (Wildman–Crippen MR) is 50.4 cm³/mol. The molecule has 1 aliphatic heterocycles. The number of hydrogen-bond donors (Lipinski definition) is 1. The summed E-state index contributed by atoms with van der Waals surface area (Å²) in [6, 6.07) is 1.37. The molecule has 0 radical (unpaired) electrons. The second kappa shape index (κ2) is 4.07. The van der Waals surface area contributed by atoms with E-state index in [1.807, 2.05) is 0 Å². The van der Waals surface area contributed by atoms with Crippen molar-refractivity contribution >= 4 is 0 Å². The molecule has 0 aromatic heterocycles. The molecule has 0 aromatic carbocycles. The van der Waals surface area contributed by atoms with Gasteiger partial charge in [0.15, 0.2) is 0 Å². The fourth-order valence-corrected chi connectivity index (χ4v) is 1.57. The molecule has 2 heteroatoms. The van der Waals surface area contributed by atoms with Gasteiger partial charge in [0.25, 0.3) is 0 Å². The normalized spacial score (nSPS) is 27.8. The van der Waals surface area contributed by atoms with Gasteiger partial charge < -0.3 is 0 Å². The topological polar surface area (TPSA) is 15.3 Å². The summed E-state index contributed by atoms with van der Waals surface area (Å²) in [6.07, 6.45) is 3.95. The molecule has 2 nitrogen and oxygen atoms in total. The lowest BCUT2D eigenvalue weighted by Gasteiger charge is -2.36. The Labute approximate surface area is 71.4 Å². The van der Waals surface area contributed by atoms with E-state index in [0.29, 0.717) is 6.04 Å². The molecule has 0 aromatic rings. The van der Waals surface area contributed by atoms with E-state index in [-0.39, 0.29) is 1.43 Å². The van der Waals surface area contributed by atoms with Gasteiger partial charge in [-0.2, -0.15) is 0 Å². The van der Waals surface area contributed by atoms with E-state index in [4.69, 9.17) is 0 Å². The minimum atomic E-state index is 0. The monoisotopic (exact) mass is 158 g/mol. The van der Waals surface area contributed by atoms with Gasteiger partial charge in [-0.05, 0) is 33.1 Å². The standard InChI is InChI=1S/C9H20N2.H2/c1-4-9-6-5-7-11(10-9)8(2)3;/h8-10H,4-7H2,1-3H3;1H. The van der Waals surface area contributed by atoms with E-state index >= 15 is 0 Å². The third-order valence-corrected chi connectivity index (χ3v) is 2.42. The molecule has 11 heavy (non-hydrogen) atoms. The van der Waals surface area contributed by atoms with E-state index in [2.05, 4.69) is 31.2 Å². The molecule has 1 unspecified atom stereocenters. The lowest BCUT2D eigenvalue weighted by Crippen LogP contribution is -2.52. The zero-order chi connectivity index (χ0) is 8.27. The third-order valence-electron chi connectivity index (χ3n) is 2.42. The fourth-order valence-electron chi connectivity index (χ4n) is 1.57. The molecule has 1 atom stereocenters. The predicted octanol–water partition coefficient (Wildman–Crippen LogP) is 2.02. The van der Waals surface area contributed by atoms with E-state index in [1.54, 1.807) is 0 Å². The van der Waals surface area contributed by atoms with Gasteiger partial charge in [-0.25, -0.2) is 5.01 Å². The van der Waals surface area contributed by atoms with Crippen LogP contribution >= 0.6 is 0 Å². The summed E-state index contributed by atoms with van der Waals surface area (Å²) < 4.78 is 0. The van der Waals surface area contributed by atoms with Crippen LogP contribution in [0.4, 0.5) is 0 Å². The van der Waals surface area contributed by atoms with Crippen molar-refractivity contribution in [2.45, 2.75) is 52.1 Å². The minimum absolute atomic E-state index is 0. The van der Waals surface area contributed by atoms with Crippen molar-refractivity contribution in [1.82, 2.24) is 10.4 Å². The fraction of sp³-hybridized carbons (Fsp3) is 1.00. The van der Waals surface area contributed by atoms with Crippen molar-refractivity contribution < 1.29 is 1.43 Å². The first-order chi connectivity index (χ1) is 5.24. The molecule has 0 amide bonds. The number of hydrazine groups is 1. The van der Waals surface area contributed by atoms with Gasteiger partial charge >= 0.3 is 0 Å². The van der Waals surface area contributed by atoms with Crippen LogP contribution < -0.4 is 5.43 Å². The van der Waals surface area contributed by atoms with E-state index in [0.717, 1.165) is 6.04 Å². The molecular formula is C9H22N2. The van der Waals surface area contributed by atoms with Crippen LogP contribution in [0.1, 0.15) is 41.5 Å². The molecule has 1 saturated heterocycles. The first-order valence-electron chi connectivity index (χ1n) is 4.77. The van der Waals surface area contributed by atoms with Gasteiger partial charge in [-0.1, -0.05) is 6.92 Å². The maximum Gasteiger partial charge on any atom is 0.0213 e. The Hall–Kier alpha value is -0.0800. The molecule has 1 aliphatic rings. The molecule has 1 rings (SSSR count). The second-order valence-corrected chi connectivity index (χ2v) is 3.66. The Bertz CT molecular complexity index is 117. The number of nitrogens with zero attached hydrogens (tertiary/aromatic N) is 1. The van der Waals surface area contributed by atoms with Gasteiger partial charge in [0.05, 0.1) is 0 Å². The van der Waals surface area contributed by atoms with Crippen LogP contribution in [-0.2, 0) is 0 Å². The summed E-state index contributed by atoms with van der Waals surface area (Å²) in [4.78, 5) is 0.